The van der Waals surface area contributed by atoms with Gasteiger partial charge in [-0.1, -0.05) is 12.1 Å². The van der Waals surface area contributed by atoms with Gasteiger partial charge in [-0.2, -0.15) is 0 Å². The van der Waals surface area contributed by atoms with Gasteiger partial charge in [-0.25, -0.2) is 9.59 Å². The average Bonchev–Trinajstić information content (AvgIpc) is 2.69. The van der Waals surface area contributed by atoms with E-state index in [1.807, 2.05) is 6.92 Å². The standard InChI is InChI=1S/C20H23N3O7S2/c1-19(2,3)30-18(27)21-12-14-20(4,10-6-8-11(9-7-10)23(28)29)32-17(31-5)13(16(25)26)22(14)15(12)24/h6-9,12,14H,1-5H3,(H,21,27)(H,25,26). The molecule has 0 spiro atoms. The van der Waals surface area contributed by atoms with Crippen molar-refractivity contribution in [2.75, 3.05) is 6.26 Å². The summed E-state index contributed by atoms with van der Waals surface area (Å²) in [5.41, 5.74) is -0.353. The number of β-lactam (4-membered cyclic amide) rings is 1. The number of alkyl carbamates (subject to hydrolysis) is 1. The number of nitrogens with zero attached hydrogens (tertiary/aromatic N) is 2. The molecular formula is C20H23N3O7S2. The molecule has 3 unspecified atom stereocenters. The molecule has 3 rings (SSSR count). The van der Waals surface area contributed by atoms with Gasteiger partial charge in [0.2, 0.25) is 0 Å². The predicted molar refractivity (Wildman–Crippen MR) is 120 cm³/mol. The number of amides is 2. The number of nitrogens with one attached hydrogen (secondary N) is 1. The zero-order valence-corrected chi connectivity index (χ0v) is 19.7. The van der Waals surface area contributed by atoms with Gasteiger partial charge in [0.1, 0.15) is 11.6 Å². The number of ether oxygens (including phenoxy) is 1. The number of nitro groups is 1. The van der Waals surface area contributed by atoms with E-state index in [0.29, 0.717) is 9.80 Å². The summed E-state index contributed by atoms with van der Waals surface area (Å²) in [6, 6.07) is 4.13. The summed E-state index contributed by atoms with van der Waals surface area (Å²) >= 11 is 2.45. The fourth-order valence-electron chi connectivity index (χ4n) is 3.75. The minimum absolute atomic E-state index is 0.0880. The third kappa shape index (κ3) is 4.16. The maximum atomic E-state index is 13.0. The number of hydrogen-bond acceptors (Lipinski definition) is 8. The molecule has 2 aliphatic heterocycles. The molecule has 0 bridgehead atoms. The SMILES string of the molecule is CSC1=C(C(=O)O)N2C(=O)C(NC(=O)OC(C)(C)C)C2C(C)(c2ccc([N+](=O)[O-])cc2)S1. The molecular weight excluding hydrogens is 458 g/mol. The van der Waals surface area contributed by atoms with Crippen molar-refractivity contribution in [2.24, 2.45) is 0 Å². The van der Waals surface area contributed by atoms with E-state index < -0.39 is 45.3 Å². The summed E-state index contributed by atoms with van der Waals surface area (Å²) in [5.74, 6) is -1.81. The lowest BCUT2D eigenvalue weighted by Gasteiger charge is -2.57. The first-order valence-electron chi connectivity index (χ1n) is 9.58. The van der Waals surface area contributed by atoms with E-state index in [1.54, 1.807) is 39.2 Å². The Morgan fingerprint density at radius 3 is 2.38 bits per heavy atom. The highest BCUT2D eigenvalue weighted by Crippen LogP contribution is 2.57. The lowest BCUT2D eigenvalue weighted by Crippen LogP contribution is -2.76. The van der Waals surface area contributed by atoms with Gasteiger partial charge < -0.3 is 15.2 Å². The summed E-state index contributed by atoms with van der Waals surface area (Å²) in [6.07, 6.45) is 0.922. The van der Waals surface area contributed by atoms with Crippen LogP contribution in [0.4, 0.5) is 10.5 Å². The highest BCUT2D eigenvalue weighted by Gasteiger charge is 2.63. The van der Waals surface area contributed by atoms with Crippen molar-refractivity contribution in [3.63, 3.8) is 0 Å². The van der Waals surface area contributed by atoms with Gasteiger partial charge in [0, 0.05) is 12.1 Å². The zero-order valence-electron chi connectivity index (χ0n) is 18.1. The van der Waals surface area contributed by atoms with Crippen molar-refractivity contribution in [2.45, 2.75) is 50.1 Å². The summed E-state index contributed by atoms with van der Waals surface area (Å²) in [5, 5.41) is 23.4. The highest BCUT2D eigenvalue weighted by atomic mass is 32.2. The van der Waals surface area contributed by atoms with Crippen molar-refractivity contribution in [1.82, 2.24) is 10.2 Å². The molecule has 1 fully saturated rings. The van der Waals surface area contributed by atoms with Crippen LogP contribution in [0.25, 0.3) is 0 Å². The Morgan fingerprint density at radius 1 is 1.31 bits per heavy atom. The van der Waals surface area contributed by atoms with E-state index in [0.717, 1.165) is 0 Å². The van der Waals surface area contributed by atoms with Crippen LogP contribution in [0.5, 0.6) is 0 Å². The van der Waals surface area contributed by atoms with Gasteiger partial charge in [-0.3, -0.25) is 19.8 Å². The summed E-state index contributed by atoms with van der Waals surface area (Å²) in [7, 11) is 0. The molecule has 0 aromatic heterocycles. The third-order valence-electron chi connectivity index (χ3n) is 5.11. The Balaban J connectivity index is 2.05. The number of thioether (sulfide) groups is 2. The largest absolute Gasteiger partial charge is 0.477 e. The Kier molecular flexibility index (Phi) is 6.22. The summed E-state index contributed by atoms with van der Waals surface area (Å²) in [4.78, 5) is 49.1. The normalized spacial score (nSPS) is 25.0. The molecule has 2 heterocycles. The minimum Gasteiger partial charge on any atom is -0.477 e. The van der Waals surface area contributed by atoms with Crippen LogP contribution in [0.1, 0.15) is 33.3 Å². The van der Waals surface area contributed by atoms with Crippen molar-refractivity contribution in [1.29, 1.82) is 0 Å². The van der Waals surface area contributed by atoms with E-state index in [1.165, 1.54) is 40.6 Å². The Morgan fingerprint density at radius 2 is 1.91 bits per heavy atom. The van der Waals surface area contributed by atoms with Crippen molar-refractivity contribution in [3.8, 4) is 0 Å². The molecule has 1 aromatic rings. The Labute approximate surface area is 192 Å². The second kappa shape index (κ2) is 8.32. The second-order valence-electron chi connectivity index (χ2n) is 8.44. The number of benzene rings is 1. The van der Waals surface area contributed by atoms with E-state index in [2.05, 4.69) is 5.32 Å². The maximum Gasteiger partial charge on any atom is 0.408 e. The van der Waals surface area contributed by atoms with Crippen LogP contribution in [0.2, 0.25) is 0 Å². The smallest absolute Gasteiger partial charge is 0.408 e. The second-order valence-corrected chi connectivity index (χ2v) is 11.0. The number of carbonyl (C=O) groups excluding carboxylic acids is 2. The van der Waals surface area contributed by atoms with Crippen LogP contribution < -0.4 is 5.32 Å². The number of rotatable bonds is 5. The van der Waals surface area contributed by atoms with E-state index in [-0.39, 0.29) is 11.4 Å². The van der Waals surface area contributed by atoms with E-state index >= 15 is 0 Å². The van der Waals surface area contributed by atoms with Crippen molar-refractivity contribution < 1.29 is 29.2 Å². The number of non-ortho nitro benzene ring substituents is 1. The molecule has 2 N–H and O–H groups in total. The number of carboxylic acids is 1. The number of nitro benzene ring substituents is 1. The molecule has 2 aliphatic rings. The van der Waals surface area contributed by atoms with Crippen LogP contribution in [0.3, 0.4) is 0 Å². The molecule has 1 aromatic carbocycles. The van der Waals surface area contributed by atoms with Gasteiger partial charge in [0.25, 0.3) is 11.6 Å². The van der Waals surface area contributed by atoms with Gasteiger partial charge >= 0.3 is 12.1 Å². The predicted octanol–water partition coefficient (Wildman–Crippen LogP) is 3.28. The lowest BCUT2D eigenvalue weighted by molar-refractivity contribution is -0.384. The molecule has 0 saturated carbocycles. The number of fused-ring (bicyclic) bond motifs is 1. The number of hydrogen-bond donors (Lipinski definition) is 2. The zero-order chi connectivity index (χ0) is 24.0. The van der Waals surface area contributed by atoms with Gasteiger partial charge in [-0.15, -0.1) is 23.5 Å². The third-order valence-corrected chi connectivity index (χ3v) is 7.71. The molecule has 0 radical (unpaired) electrons. The van der Waals surface area contributed by atoms with Crippen molar-refractivity contribution in [3.05, 3.63) is 49.9 Å². The molecule has 10 nitrogen and oxygen atoms in total. The molecule has 12 heteroatoms. The van der Waals surface area contributed by atoms with Crippen LogP contribution in [0, 0.1) is 10.1 Å². The quantitative estimate of drug-likeness (QED) is 0.368. The molecule has 32 heavy (non-hydrogen) atoms. The van der Waals surface area contributed by atoms with Gasteiger partial charge in [-0.05, 0) is 39.5 Å². The Hall–Kier alpha value is -2.73. The van der Waals surface area contributed by atoms with Crippen LogP contribution >= 0.6 is 23.5 Å². The monoisotopic (exact) mass is 481 g/mol. The number of carboxylic acid groups (broad SMARTS) is 1. The maximum absolute atomic E-state index is 13.0. The van der Waals surface area contributed by atoms with Crippen LogP contribution in [-0.4, -0.2) is 56.8 Å². The fraction of sp³-hybridized carbons (Fsp3) is 0.450. The molecule has 3 atom stereocenters. The van der Waals surface area contributed by atoms with Crippen molar-refractivity contribution >= 4 is 47.2 Å². The van der Waals surface area contributed by atoms with Gasteiger partial charge in [0.05, 0.1) is 19.9 Å². The topological polar surface area (TPSA) is 139 Å². The minimum atomic E-state index is -1.25. The lowest BCUT2D eigenvalue weighted by atomic mass is 9.79. The van der Waals surface area contributed by atoms with Crippen LogP contribution in [0.15, 0.2) is 34.2 Å². The molecule has 172 valence electrons. The summed E-state index contributed by atoms with van der Waals surface area (Å²) in [6.45, 7) is 6.89. The first kappa shape index (κ1) is 23.9. The number of aliphatic carboxylic acids is 1. The van der Waals surface area contributed by atoms with E-state index in [9.17, 15) is 29.6 Å². The summed E-state index contributed by atoms with van der Waals surface area (Å²) < 4.78 is 4.81. The molecule has 1 saturated heterocycles. The first-order valence-corrected chi connectivity index (χ1v) is 11.6. The molecule has 2 amide bonds. The Bertz CT molecular complexity index is 1020. The van der Waals surface area contributed by atoms with E-state index in [4.69, 9.17) is 4.74 Å². The van der Waals surface area contributed by atoms with Crippen LogP contribution in [-0.2, 0) is 19.1 Å². The van der Waals surface area contributed by atoms with Gasteiger partial charge in [0.15, 0.2) is 5.70 Å². The average molecular weight is 482 g/mol. The highest BCUT2D eigenvalue weighted by molar-refractivity contribution is 8.22. The fourth-order valence-corrected chi connectivity index (χ4v) is 6.27. The first-order chi connectivity index (χ1) is 14.8. The molecule has 0 aliphatic carbocycles. The number of carbonyl (C=O) groups is 3.